The van der Waals surface area contributed by atoms with Gasteiger partial charge >= 0.3 is 6.18 Å². The fraction of sp³-hybridized carbons (Fsp3) is 0.417. The highest BCUT2D eigenvalue weighted by Gasteiger charge is 2.38. The Morgan fingerprint density at radius 1 is 1.10 bits per heavy atom. The summed E-state index contributed by atoms with van der Waals surface area (Å²) in [6.07, 6.45) is -4.82. The van der Waals surface area contributed by atoms with E-state index in [9.17, 15) is 33.0 Å². The second-order valence-electron chi connectivity index (χ2n) is 13.0. The van der Waals surface area contributed by atoms with Crippen LogP contribution in [0, 0.1) is 5.92 Å². The number of fused-ring (bicyclic) bond motifs is 1. The van der Waals surface area contributed by atoms with Crippen LogP contribution in [0.25, 0.3) is 11.3 Å². The van der Waals surface area contributed by atoms with E-state index in [0.29, 0.717) is 40.9 Å². The summed E-state index contributed by atoms with van der Waals surface area (Å²) in [5.41, 5.74) is 3.10. The fourth-order valence-corrected chi connectivity index (χ4v) is 7.38. The number of nitrogens with zero attached hydrogens (tertiary/aromatic N) is 3. The lowest BCUT2D eigenvalue weighted by Gasteiger charge is -2.41. The zero-order valence-corrected chi connectivity index (χ0v) is 29.5. The van der Waals surface area contributed by atoms with Crippen LogP contribution in [0.15, 0.2) is 76.8 Å². The van der Waals surface area contributed by atoms with Crippen molar-refractivity contribution in [1.82, 2.24) is 25.4 Å². The summed E-state index contributed by atoms with van der Waals surface area (Å²) in [6.45, 7) is -0.447. The molecule has 0 radical (unpaired) electrons. The molecule has 5 atom stereocenters. The summed E-state index contributed by atoms with van der Waals surface area (Å²) >= 11 is 7.37. The van der Waals surface area contributed by atoms with Gasteiger partial charge in [-0.2, -0.15) is 13.2 Å². The summed E-state index contributed by atoms with van der Waals surface area (Å²) in [4.78, 5) is 35.5. The second kappa shape index (κ2) is 16.8. The number of carbonyl (C=O) groups excluding carboxylic acids is 2. The van der Waals surface area contributed by atoms with Gasteiger partial charge in [0.1, 0.15) is 42.6 Å². The number of alkyl halides is 3. The van der Waals surface area contributed by atoms with Crippen molar-refractivity contribution in [2.45, 2.75) is 49.9 Å². The van der Waals surface area contributed by atoms with Crippen molar-refractivity contribution in [3.63, 3.8) is 0 Å². The first-order valence-corrected chi connectivity index (χ1v) is 18.1. The second-order valence-corrected chi connectivity index (χ2v) is 14.4. The normalized spacial score (nSPS) is 20.8. The van der Waals surface area contributed by atoms with Crippen LogP contribution in [0.1, 0.15) is 28.7 Å². The Hall–Kier alpha value is -3.99. The molecule has 11 nitrogen and oxygen atoms in total. The first kappa shape index (κ1) is 37.8. The van der Waals surface area contributed by atoms with Crippen LogP contribution >= 0.6 is 22.9 Å². The van der Waals surface area contributed by atoms with Crippen molar-refractivity contribution in [2.75, 3.05) is 39.3 Å². The van der Waals surface area contributed by atoms with Crippen molar-refractivity contribution in [3.05, 3.63) is 93.6 Å². The topological polar surface area (TPSA) is 140 Å². The van der Waals surface area contributed by atoms with Gasteiger partial charge in [0.05, 0.1) is 24.2 Å². The molecule has 2 aromatic heterocycles. The number of thiazole rings is 1. The number of rotatable bonds is 13. The van der Waals surface area contributed by atoms with E-state index in [1.54, 1.807) is 53.0 Å². The predicted molar refractivity (Wildman–Crippen MR) is 188 cm³/mol. The van der Waals surface area contributed by atoms with Gasteiger partial charge in [0.25, 0.3) is 0 Å². The quantitative estimate of drug-likeness (QED) is 0.156. The van der Waals surface area contributed by atoms with Gasteiger partial charge in [-0.05, 0) is 55.3 Å². The van der Waals surface area contributed by atoms with Crippen LogP contribution in [-0.4, -0.2) is 101 Å². The summed E-state index contributed by atoms with van der Waals surface area (Å²) < 4.78 is 51.0. The molecule has 0 bridgehead atoms. The Balaban J connectivity index is 1.13. The molecular formula is C36H39ClF3N5O6S. The fourth-order valence-electron chi connectivity index (χ4n) is 6.58. The molecule has 0 saturated carbocycles. The third-order valence-corrected chi connectivity index (χ3v) is 10.2. The maximum atomic E-state index is 13.8. The minimum atomic E-state index is -4.60. The summed E-state index contributed by atoms with van der Waals surface area (Å²) in [7, 11) is 0. The standard InChI is InChI=1S/C36H39ClF3N5O6S/c37-24-7-5-22(6-8-24)31-10-9-26(51-31)17-44-11-12-45(29(18-44)35(49)42-20-36(38,39)40)16-25(46)13-23(14-27-15-41-21-52-27)34(48)43-33-28-3-1-2-4-32(28)50-19-30(33)47/h1-10,15,21,23,25,29-30,33,46-47H,11-14,16-20H2,(H,42,49)(H,43,48)/t23-,25-,29-,30+,33-/m0/s1. The Morgan fingerprint density at radius 2 is 1.88 bits per heavy atom. The van der Waals surface area contributed by atoms with Crippen molar-refractivity contribution in [3.8, 4) is 17.1 Å². The van der Waals surface area contributed by atoms with E-state index < -0.39 is 54.7 Å². The number of furan rings is 1. The van der Waals surface area contributed by atoms with Crippen LogP contribution in [0.4, 0.5) is 13.2 Å². The van der Waals surface area contributed by atoms with Gasteiger partial charge in [-0.25, -0.2) is 0 Å². The lowest BCUT2D eigenvalue weighted by atomic mass is 9.93. The number of ether oxygens (including phenoxy) is 1. The van der Waals surface area contributed by atoms with E-state index in [4.69, 9.17) is 20.8 Å². The minimum Gasteiger partial charge on any atom is -0.490 e. The number of para-hydroxylation sites is 1. The van der Waals surface area contributed by atoms with Gasteiger partial charge in [0, 0.05) is 59.3 Å². The van der Waals surface area contributed by atoms with Gasteiger partial charge in [0.15, 0.2) is 0 Å². The molecule has 1 saturated heterocycles. The predicted octanol–water partition coefficient (Wildman–Crippen LogP) is 4.44. The molecule has 4 aromatic rings. The summed E-state index contributed by atoms with van der Waals surface area (Å²) in [5, 5.41) is 27.7. The van der Waals surface area contributed by atoms with Crippen LogP contribution < -0.4 is 15.4 Å². The highest BCUT2D eigenvalue weighted by atomic mass is 35.5. The van der Waals surface area contributed by atoms with Crippen molar-refractivity contribution >= 4 is 34.8 Å². The van der Waals surface area contributed by atoms with Crippen LogP contribution in [0.3, 0.4) is 0 Å². The molecule has 6 rings (SSSR count). The molecule has 4 heterocycles. The Morgan fingerprint density at radius 3 is 2.63 bits per heavy atom. The van der Waals surface area contributed by atoms with E-state index in [-0.39, 0.29) is 39.1 Å². The maximum absolute atomic E-state index is 13.8. The van der Waals surface area contributed by atoms with Gasteiger partial charge in [-0.1, -0.05) is 29.8 Å². The third-order valence-electron chi connectivity index (χ3n) is 9.16. The molecule has 2 aliphatic heterocycles. The van der Waals surface area contributed by atoms with E-state index in [1.165, 1.54) is 11.3 Å². The summed E-state index contributed by atoms with van der Waals surface area (Å²) in [5.74, 6) is -0.164. The SMILES string of the molecule is O=C(N[C@H]1c2ccccc2OC[C@H]1O)[C@H](Cc1cncs1)C[C@H](O)CN1CCN(Cc2ccc(-c3ccc(Cl)cc3)o2)C[C@H]1C(=O)NCC(F)(F)F. The number of nitrogens with one attached hydrogen (secondary N) is 2. The summed E-state index contributed by atoms with van der Waals surface area (Å²) in [6, 6.07) is 16.1. The molecule has 2 aromatic carbocycles. The largest absolute Gasteiger partial charge is 0.490 e. The number of aliphatic hydroxyl groups excluding tert-OH is 2. The third kappa shape index (κ3) is 9.90. The molecule has 4 N–H and O–H groups in total. The lowest BCUT2D eigenvalue weighted by molar-refractivity contribution is -0.143. The maximum Gasteiger partial charge on any atom is 0.405 e. The van der Waals surface area contributed by atoms with Crippen LogP contribution in [-0.2, 0) is 22.6 Å². The van der Waals surface area contributed by atoms with Gasteiger partial charge in [-0.15, -0.1) is 11.3 Å². The van der Waals surface area contributed by atoms with E-state index in [2.05, 4.69) is 10.3 Å². The zero-order chi connectivity index (χ0) is 36.8. The zero-order valence-electron chi connectivity index (χ0n) is 28.0. The van der Waals surface area contributed by atoms with Gasteiger partial charge in [-0.3, -0.25) is 24.4 Å². The lowest BCUT2D eigenvalue weighted by Crippen LogP contribution is -2.60. The molecule has 0 unspecified atom stereocenters. The van der Waals surface area contributed by atoms with E-state index in [1.807, 2.05) is 34.5 Å². The smallest absolute Gasteiger partial charge is 0.405 e. The number of benzene rings is 2. The minimum absolute atomic E-state index is 0.00268. The molecule has 52 heavy (non-hydrogen) atoms. The highest BCUT2D eigenvalue weighted by molar-refractivity contribution is 7.09. The first-order chi connectivity index (χ1) is 24.9. The van der Waals surface area contributed by atoms with Crippen molar-refractivity contribution in [2.24, 2.45) is 5.92 Å². The monoisotopic (exact) mass is 761 g/mol. The molecule has 16 heteroatoms. The average molecular weight is 762 g/mol. The Bertz CT molecular complexity index is 1790. The number of halogens is 4. The van der Waals surface area contributed by atoms with Crippen LogP contribution in [0.2, 0.25) is 5.02 Å². The van der Waals surface area contributed by atoms with E-state index in [0.717, 1.165) is 10.4 Å². The van der Waals surface area contributed by atoms with Crippen molar-refractivity contribution < 1.29 is 42.1 Å². The Labute approximate surface area is 307 Å². The molecule has 2 amide bonds. The molecule has 0 aliphatic carbocycles. The Kier molecular flexibility index (Phi) is 12.2. The highest BCUT2D eigenvalue weighted by Crippen LogP contribution is 2.33. The molecule has 278 valence electrons. The van der Waals surface area contributed by atoms with Gasteiger partial charge in [0.2, 0.25) is 11.8 Å². The molecule has 2 aliphatic rings. The number of β-amino-alcohol motifs (C(OH)–C–C–N with tert-alkyl or cyclic N) is 1. The first-order valence-electron chi connectivity index (χ1n) is 16.8. The molecule has 0 spiro atoms. The van der Waals surface area contributed by atoms with Gasteiger partial charge < -0.3 is 30.0 Å². The molecular weight excluding hydrogens is 723 g/mol. The number of piperazine rings is 1. The molecule has 1 fully saturated rings. The van der Waals surface area contributed by atoms with E-state index >= 15 is 0 Å². The number of carbonyl (C=O) groups is 2. The number of aromatic nitrogens is 1. The number of aliphatic hydroxyl groups is 2. The number of hydrogen-bond donors (Lipinski definition) is 4. The number of amides is 2. The van der Waals surface area contributed by atoms with Crippen molar-refractivity contribution in [1.29, 1.82) is 0 Å². The van der Waals surface area contributed by atoms with Crippen LogP contribution in [0.5, 0.6) is 5.75 Å². The average Bonchev–Trinajstić information content (AvgIpc) is 3.81. The number of hydrogen-bond acceptors (Lipinski definition) is 10.